The van der Waals surface area contributed by atoms with E-state index in [1.807, 2.05) is 0 Å². The highest BCUT2D eigenvalue weighted by Gasteiger charge is 2.19. The summed E-state index contributed by atoms with van der Waals surface area (Å²) in [5.74, 6) is 0.151. The molecule has 0 saturated carbocycles. The molecule has 0 radical (unpaired) electrons. The molecule has 1 fully saturated rings. The lowest BCUT2D eigenvalue weighted by molar-refractivity contribution is 0.275. The highest BCUT2D eigenvalue weighted by atomic mass is 127. The second-order valence-electron chi connectivity index (χ2n) is 6.44. The van der Waals surface area contributed by atoms with Crippen LogP contribution in [0.15, 0.2) is 47.5 Å². The normalized spacial score (nSPS) is 14.6. The largest absolute Gasteiger partial charge is 0.392 e. The number of nitrogens with one attached hydrogen (secondary N) is 1. The summed E-state index contributed by atoms with van der Waals surface area (Å²) >= 11 is 0. The zero-order valence-electron chi connectivity index (χ0n) is 15.7. The topological polar surface area (TPSA) is 51.1 Å². The first-order valence-electron chi connectivity index (χ1n) is 8.95. The molecule has 0 atom stereocenters. The number of aliphatic hydroxyl groups is 1. The van der Waals surface area contributed by atoms with E-state index in [4.69, 9.17) is 0 Å². The lowest BCUT2D eigenvalue weighted by Crippen LogP contribution is -2.52. The average molecular weight is 502 g/mol. The van der Waals surface area contributed by atoms with Crippen LogP contribution in [-0.2, 0) is 13.2 Å². The molecule has 2 aromatic carbocycles. The predicted molar refractivity (Wildman–Crippen MR) is 118 cm³/mol. The van der Waals surface area contributed by atoms with E-state index in [2.05, 4.69) is 20.1 Å². The number of aliphatic hydroxyl groups excluding tert-OH is 1. The third-order valence-corrected chi connectivity index (χ3v) is 4.71. The second-order valence-corrected chi connectivity index (χ2v) is 6.44. The Balaban J connectivity index is 0.00000280. The first kappa shape index (κ1) is 22.4. The Morgan fingerprint density at radius 1 is 1.07 bits per heavy atom. The van der Waals surface area contributed by atoms with Crippen molar-refractivity contribution in [3.63, 3.8) is 0 Å². The fraction of sp³-hybridized carbons (Fsp3) is 0.350. The lowest BCUT2D eigenvalue weighted by Gasteiger charge is -2.37. The van der Waals surface area contributed by atoms with Gasteiger partial charge in [0, 0.05) is 51.0 Å². The number of aliphatic imine (C=N–C) groups is 1. The van der Waals surface area contributed by atoms with Crippen molar-refractivity contribution < 1.29 is 13.9 Å². The van der Waals surface area contributed by atoms with Crippen LogP contribution in [0, 0.1) is 11.6 Å². The summed E-state index contributed by atoms with van der Waals surface area (Å²) in [5.41, 5.74) is 2.19. The number of anilines is 1. The molecule has 0 amide bonds. The Kier molecular flexibility index (Phi) is 8.43. The van der Waals surface area contributed by atoms with Crippen LogP contribution >= 0.6 is 24.0 Å². The summed E-state index contributed by atoms with van der Waals surface area (Å²) in [7, 11) is 1.73. The summed E-state index contributed by atoms with van der Waals surface area (Å²) in [6.07, 6.45) is 0. The third kappa shape index (κ3) is 5.54. The first-order chi connectivity index (χ1) is 13.1. The van der Waals surface area contributed by atoms with Crippen LogP contribution in [0.3, 0.4) is 0 Å². The van der Waals surface area contributed by atoms with Gasteiger partial charge in [0.2, 0.25) is 0 Å². The minimum atomic E-state index is -0.400. The Hall–Kier alpha value is -1.94. The number of hydrogen-bond donors (Lipinski definition) is 2. The van der Waals surface area contributed by atoms with E-state index >= 15 is 0 Å². The SMILES string of the molecule is CN=C(NCc1ccc(F)c(CO)c1)N1CCN(c2ccc(F)cc2)CC1.I. The van der Waals surface area contributed by atoms with Crippen LogP contribution in [-0.4, -0.2) is 49.2 Å². The van der Waals surface area contributed by atoms with Gasteiger partial charge in [-0.1, -0.05) is 6.07 Å². The highest BCUT2D eigenvalue weighted by Crippen LogP contribution is 2.17. The van der Waals surface area contributed by atoms with Crippen molar-refractivity contribution in [3.8, 4) is 0 Å². The van der Waals surface area contributed by atoms with Gasteiger partial charge < -0.3 is 20.2 Å². The monoisotopic (exact) mass is 502 g/mol. The van der Waals surface area contributed by atoms with Gasteiger partial charge in [0.15, 0.2) is 5.96 Å². The van der Waals surface area contributed by atoms with Crippen molar-refractivity contribution in [1.29, 1.82) is 0 Å². The molecule has 28 heavy (non-hydrogen) atoms. The lowest BCUT2D eigenvalue weighted by atomic mass is 10.1. The molecule has 0 unspecified atom stereocenters. The average Bonchev–Trinajstić information content (AvgIpc) is 2.70. The van der Waals surface area contributed by atoms with Crippen molar-refractivity contribution in [1.82, 2.24) is 10.2 Å². The number of nitrogens with zero attached hydrogens (tertiary/aromatic N) is 3. The molecule has 1 aliphatic rings. The van der Waals surface area contributed by atoms with Gasteiger partial charge in [0.05, 0.1) is 6.61 Å². The molecule has 0 bridgehead atoms. The maximum Gasteiger partial charge on any atom is 0.194 e. The van der Waals surface area contributed by atoms with Gasteiger partial charge in [0.1, 0.15) is 11.6 Å². The number of rotatable bonds is 4. The number of halogens is 3. The van der Waals surface area contributed by atoms with Crippen molar-refractivity contribution in [2.24, 2.45) is 4.99 Å². The van der Waals surface area contributed by atoms with Crippen molar-refractivity contribution in [3.05, 3.63) is 65.2 Å². The quantitative estimate of drug-likeness (QED) is 0.384. The summed E-state index contributed by atoms with van der Waals surface area (Å²) in [4.78, 5) is 8.72. The van der Waals surface area contributed by atoms with Crippen LogP contribution in [0.5, 0.6) is 0 Å². The van der Waals surface area contributed by atoms with Crippen LogP contribution in [0.4, 0.5) is 14.5 Å². The second kappa shape index (κ2) is 10.6. The molecule has 2 N–H and O–H groups in total. The molecule has 0 aliphatic carbocycles. The summed E-state index contributed by atoms with van der Waals surface area (Å²) in [6, 6.07) is 11.3. The molecule has 3 rings (SSSR count). The molecule has 1 saturated heterocycles. The maximum absolute atomic E-state index is 13.5. The molecule has 152 valence electrons. The van der Waals surface area contributed by atoms with E-state index in [0.717, 1.165) is 43.4 Å². The van der Waals surface area contributed by atoms with E-state index in [0.29, 0.717) is 6.54 Å². The standard InChI is InChI=1S/C20H24F2N4O.HI/c1-23-20(24-13-15-2-7-19(22)16(12-15)14-27)26-10-8-25(9-11-26)18-5-3-17(21)4-6-18;/h2-7,12,27H,8-11,13-14H2,1H3,(H,23,24);1H. The molecule has 0 spiro atoms. The third-order valence-electron chi connectivity index (χ3n) is 4.71. The van der Waals surface area contributed by atoms with Gasteiger partial charge in [-0.25, -0.2) is 8.78 Å². The van der Waals surface area contributed by atoms with Gasteiger partial charge in [-0.05, 0) is 42.0 Å². The van der Waals surface area contributed by atoms with E-state index < -0.39 is 5.82 Å². The molecule has 5 nitrogen and oxygen atoms in total. The smallest absolute Gasteiger partial charge is 0.194 e. The van der Waals surface area contributed by atoms with Gasteiger partial charge in [-0.15, -0.1) is 24.0 Å². The van der Waals surface area contributed by atoms with Gasteiger partial charge in [-0.3, -0.25) is 4.99 Å². The van der Waals surface area contributed by atoms with Crippen molar-refractivity contribution in [2.75, 3.05) is 38.1 Å². The van der Waals surface area contributed by atoms with Gasteiger partial charge in [-0.2, -0.15) is 0 Å². The zero-order valence-corrected chi connectivity index (χ0v) is 18.1. The van der Waals surface area contributed by atoms with E-state index in [1.165, 1.54) is 18.2 Å². The zero-order chi connectivity index (χ0) is 19.2. The Morgan fingerprint density at radius 2 is 1.75 bits per heavy atom. The van der Waals surface area contributed by atoms with Crippen molar-refractivity contribution >= 4 is 35.6 Å². The van der Waals surface area contributed by atoms with Gasteiger partial charge >= 0.3 is 0 Å². The van der Waals surface area contributed by atoms with E-state index in [1.54, 1.807) is 31.3 Å². The Labute approximate surface area is 181 Å². The molecule has 0 aromatic heterocycles. The van der Waals surface area contributed by atoms with Crippen molar-refractivity contribution in [2.45, 2.75) is 13.2 Å². The fourth-order valence-corrected chi connectivity index (χ4v) is 3.20. The maximum atomic E-state index is 13.5. The molecule has 1 aliphatic heterocycles. The highest BCUT2D eigenvalue weighted by molar-refractivity contribution is 14.0. The van der Waals surface area contributed by atoms with E-state index in [9.17, 15) is 13.9 Å². The molecule has 8 heteroatoms. The number of hydrogen-bond acceptors (Lipinski definition) is 3. The fourth-order valence-electron chi connectivity index (χ4n) is 3.20. The number of benzene rings is 2. The summed E-state index contributed by atoms with van der Waals surface area (Å²) < 4.78 is 26.6. The first-order valence-corrected chi connectivity index (χ1v) is 8.95. The molecule has 1 heterocycles. The predicted octanol–water partition coefficient (Wildman–Crippen LogP) is 2.97. The molecule has 2 aromatic rings. The molecular formula is C20H25F2IN4O. The summed E-state index contributed by atoms with van der Waals surface area (Å²) in [6.45, 7) is 3.40. The van der Waals surface area contributed by atoms with E-state index in [-0.39, 0.29) is 42.0 Å². The van der Waals surface area contributed by atoms with Crippen LogP contribution < -0.4 is 10.2 Å². The number of guanidine groups is 1. The van der Waals surface area contributed by atoms with Crippen LogP contribution in [0.1, 0.15) is 11.1 Å². The van der Waals surface area contributed by atoms with Crippen LogP contribution in [0.2, 0.25) is 0 Å². The summed E-state index contributed by atoms with van der Waals surface area (Å²) in [5, 5.41) is 12.5. The van der Waals surface area contributed by atoms with Crippen LogP contribution in [0.25, 0.3) is 0 Å². The van der Waals surface area contributed by atoms with Gasteiger partial charge in [0.25, 0.3) is 0 Å². The number of piperazine rings is 1. The minimum absolute atomic E-state index is 0. The molecular weight excluding hydrogens is 477 g/mol. The Bertz CT molecular complexity index is 793. The Morgan fingerprint density at radius 3 is 2.36 bits per heavy atom. The minimum Gasteiger partial charge on any atom is -0.392 e.